The number of piperazine rings is 1. The smallest absolute Gasteiger partial charge is 0.269 e. The molecule has 1 aliphatic heterocycles. The second-order valence-corrected chi connectivity index (χ2v) is 11.6. The van der Waals surface area contributed by atoms with E-state index < -0.39 is 17.2 Å². The number of nitrogens with zero attached hydrogens (tertiary/aromatic N) is 4. The molecule has 2 fully saturated rings. The maximum atomic E-state index is 15.0. The first-order chi connectivity index (χ1) is 19.7. The van der Waals surface area contributed by atoms with Crippen LogP contribution in [-0.2, 0) is 31.6 Å². The van der Waals surface area contributed by atoms with Crippen LogP contribution in [0, 0.1) is 5.82 Å². The Morgan fingerprint density at radius 1 is 1.12 bits per heavy atom. The van der Waals surface area contributed by atoms with Crippen molar-refractivity contribution in [3.8, 4) is 11.5 Å². The van der Waals surface area contributed by atoms with Gasteiger partial charge < -0.3 is 24.2 Å². The van der Waals surface area contributed by atoms with E-state index in [2.05, 4.69) is 10.4 Å². The SMILES string of the molecule is COc1c(CNC(=O)c2cc(C3CC3)nn2C)cccc1OCc1ccc(C(=O)N2CCN([S+](C)[O-])CC2)cc1F. The third kappa shape index (κ3) is 6.66. The van der Waals surface area contributed by atoms with Crippen molar-refractivity contribution in [2.75, 3.05) is 39.5 Å². The number of carbonyl (C=O) groups is 2. The molecule has 218 valence electrons. The minimum Gasteiger partial charge on any atom is -0.598 e. The molecule has 1 unspecified atom stereocenters. The van der Waals surface area contributed by atoms with Crippen LogP contribution in [-0.4, -0.2) is 74.9 Å². The van der Waals surface area contributed by atoms with E-state index in [4.69, 9.17) is 9.47 Å². The fourth-order valence-electron chi connectivity index (χ4n) is 4.88. The fourth-order valence-corrected chi connectivity index (χ4v) is 5.55. The van der Waals surface area contributed by atoms with Crippen LogP contribution >= 0.6 is 0 Å². The van der Waals surface area contributed by atoms with Gasteiger partial charge in [0.2, 0.25) is 0 Å². The summed E-state index contributed by atoms with van der Waals surface area (Å²) in [5.41, 5.74) is 2.69. The van der Waals surface area contributed by atoms with E-state index in [0.29, 0.717) is 54.9 Å². The van der Waals surface area contributed by atoms with Gasteiger partial charge >= 0.3 is 0 Å². The van der Waals surface area contributed by atoms with E-state index in [-0.39, 0.29) is 36.1 Å². The number of rotatable bonds is 10. The Labute approximate surface area is 241 Å². The molecular formula is C29H34FN5O5S. The molecular weight excluding hydrogens is 549 g/mol. The van der Waals surface area contributed by atoms with E-state index >= 15 is 0 Å². The number of amides is 2. The average molecular weight is 584 g/mol. The number of aryl methyl sites for hydroxylation is 1. The van der Waals surface area contributed by atoms with Crippen LogP contribution < -0.4 is 14.8 Å². The fraction of sp³-hybridized carbons (Fsp3) is 0.414. The standard InChI is InChI=1S/C29H34FN5O5S/c1-33-25(16-24(32-33)19-7-8-19)28(36)31-17-21-5-4-6-26(27(21)39-2)40-18-22-10-9-20(15-23(22)30)29(37)34-11-13-35(14-12-34)41(3)38/h4-6,9-10,15-16,19H,7-8,11-14,17-18H2,1-3H3,(H,31,36). The van der Waals surface area contributed by atoms with E-state index in [1.165, 1.54) is 13.2 Å². The maximum absolute atomic E-state index is 15.0. The van der Waals surface area contributed by atoms with Crippen LogP contribution in [0.5, 0.6) is 11.5 Å². The predicted octanol–water partition coefficient (Wildman–Crippen LogP) is 3.01. The zero-order valence-corrected chi connectivity index (χ0v) is 24.2. The monoisotopic (exact) mass is 583 g/mol. The molecule has 0 bridgehead atoms. The molecule has 5 rings (SSSR count). The Morgan fingerprint density at radius 3 is 2.54 bits per heavy atom. The van der Waals surface area contributed by atoms with Crippen molar-refractivity contribution in [2.24, 2.45) is 7.05 Å². The lowest BCUT2D eigenvalue weighted by Crippen LogP contribution is -2.50. The number of hydrogen-bond donors (Lipinski definition) is 1. The minimum atomic E-state index is -1.07. The number of nitrogens with one attached hydrogen (secondary N) is 1. The molecule has 2 aliphatic rings. The summed E-state index contributed by atoms with van der Waals surface area (Å²) in [7, 11) is 3.27. The molecule has 0 radical (unpaired) electrons. The lowest BCUT2D eigenvalue weighted by molar-refractivity contribution is 0.0697. The number of halogens is 1. The Morgan fingerprint density at radius 2 is 1.88 bits per heavy atom. The largest absolute Gasteiger partial charge is 0.598 e. The van der Waals surface area contributed by atoms with Gasteiger partial charge in [-0.1, -0.05) is 18.2 Å². The molecule has 41 heavy (non-hydrogen) atoms. The number of methoxy groups -OCH3 is 1. The highest BCUT2D eigenvalue weighted by atomic mass is 32.2. The molecule has 1 saturated heterocycles. The molecule has 2 amide bonds. The molecule has 3 aromatic rings. The van der Waals surface area contributed by atoms with E-state index in [9.17, 15) is 18.5 Å². The predicted molar refractivity (Wildman–Crippen MR) is 152 cm³/mol. The summed E-state index contributed by atoms with van der Waals surface area (Å²) in [5, 5.41) is 7.37. The highest BCUT2D eigenvalue weighted by Gasteiger charge is 2.28. The van der Waals surface area contributed by atoms with Gasteiger partial charge in [-0.05, 0) is 37.1 Å². The molecule has 1 N–H and O–H groups in total. The number of para-hydroxylation sites is 1. The van der Waals surface area contributed by atoms with Crippen LogP contribution in [0.1, 0.15) is 56.4 Å². The quantitative estimate of drug-likeness (QED) is 0.365. The van der Waals surface area contributed by atoms with Gasteiger partial charge in [-0.2, -0.15) is 5.10 Å². The van der Waals surface area contributed by atoms with Crippen LogP contribution in [0.4, 0.5) is 4.39 Å². The lowest BCUT2D eigenvalue weighted by Gasteiger charge is -2.33. The third-order valence-corrected chi connectivity index (χ3v) is 8.50. The summed E-state index contributed by atoms with van der Waals surface area (Å²) in [6.45, 7) is 2.02. The van der Waals surface area contributed by atoms with Crippen molar-refractivity contribution in [1.82, 2.24) is 24.3 Å². The summed E-state index contributed by atoms with van der Waals surface area (Å²) in [6.07, 6.45) is 3.83. The average Bonchev–Trinajstić information content (AvgIpc) is 3.75. The van der Waals surface area contributed by atoms with Gasteiger partial charge in [0.05, 0.1) is 25.9 Å². The highest BCUT2D eigenvalue weighted by Crippen LogP contribution is 2.39. The van der Waals surface area contributed by atoms with Crippen LogP contribution in [0.15, 0.2) is 42.5 Å². The summed E-state index contributed by atoms with van der Waals surface area (Å²) < 4.78 is 41.5. The van der Waals surface area contributed by atoms with Crippen LogP contribution in [0.2, 0.25) is 0 Å². The minimum absolute atomic E-state index is 0.0770. The Hall–Kier alpha value is -3.61. The van der Waals surface area contributed by atoms with Crippen molar-refractivity contribution in [3.63, 3.8) is 0 Å². The van der Waals surface area contributed by atoms with Gasteiger partial charge in [-0.3, -0.25) is 14.3 Å². The molecule has 10 nitrogen and oxygen atoms in total. The van der Waals surface area contributed by atoms with Crippen molar-refractivity contribution in [2.45, 2.75) is 31.9 Å². The van der Waals surface area contributed by atoms with Crippen LogP contribution in [0.3, 0.4) is 0 Å². The third-order valence-electron chi connectivity index (χ3n) is 7.40. The molecule has 12 heteroatoms. The maximum Gasteiger partial charge on any atom is 0.269 e. The summed E-state index contributed by atoms with van der Waals surface area (Å²) >= 11 is -1.07. The van der Waals surface area contributed by atoms with Crippen molar-refractivity contribution in [3.05, 3.63) is 76.4 Å². The summed E-state index contributed by atoms with van der Waals surface area (Å²) in [4.78, 5) is 27.3. The first-order valence-corrected chi connectivity index (χ1v) is 15.0. The molecule has 1 aliphatic carbocycles. The molecule has 2 aromatic carbocycles. The number of hydrogen-bond acceptors (Lipinski definition) is 7. The lowest BCUT2D eigenvalue weighted by atomic mass is 10.1. The van der Waals surface area contributed by atoms with Gasteiger partial charge in [0.25, 0.3) is 11.8 Å². The molecule has 1 atom stereocenters. The Kier molecular flexibility index (Phi) is 8.81. The second kappa shape index (κ2) is 12.5. The number of aromatic nitrogens is 2. The second-order valence-electron chi connectivity index (χ2n) is 10.2. The number of ether oxygens (including phenoxy) is 2. The Balaban J connectivity index is 1.20. The van der Waals surface area contributed by atoms with E-state index in [1.807, 2.05) is 12.1 Å². The topological polar surface area (TPSA) is 112 Å². The van der Waals surface area contributed by atoms with Gasteiger partial charge in [0, 0.05) is 60.7 Å². The molecule has 0 spiro atoms. The van der Waals surface area contributed by atoms with Gasteiger partial charge in [-0.15, -0.1) is 4.31 Å². The van der Waals surface area contributed by atoms with E-state index in [0.717, 1.165) is 18.5 Å². The normalized spacial score (nSPS) is 16.4. The number of carbonyl (C=O) groups excluding carboxylic acids is 2. The summed E-state index contributed by atoms with van der Waals surface area (Å²) in [5.74, 6) is 0.253. The molecule has 1 saturated carbocycles. The van der Waals surface area contributed by atoms with Crippen LogP contribution in [0.25, 0.3) is 0 Å². The molecule has 2 heterocycles. The zero-order chi connectivity index (χ0) is 29.1. The van der Waals surface area contributed by atoms with E-state index in [1.54, 1.807) is 51.5 Å². The van der Waals surface area contributed by atoms with Gasteiger partial charge in [0.1, 0.15) is 24.4 Å². The van der Waals surface area contributed by atoms with Crippen molar-refractivity contribution >= 4 is 23.2 Å². The van der Waals surface area contributed by atoms with Crippen molar-refractivity contribution < 1.29 is 28.0 Å². The first-order valence-electron chi connectivity index (χ1n) is 13.5. The van der Waals surface area contributed by atoms with Gasteiger partial charge in [-0.25, -0.2) is 4.39 Å². The number of benzene rings is 2. The zero-order valence-electron chi connectivity index (χ0n) is 23.4. The van der Waals surface area contributed by atoms with Gasteiger partial charge in [0.15, 0.2) is 11.5 Å². The summed E-state index contributed by atoms with van der Waals surface area (Å²) in [6, 6.07) is 11.5. The Bertz CT molecular complexity index is 1420. The molecule has 1 aromatic heterocycles. The highest BCUT2D eigenvalue weighted by molar-refractivity contribution is 7.88. The first kappa shape index (κ1) is 28.9. The van der Waals surface area contributed by atoms with Crippen molar-refractivity contribution in [1.29, 1.82) is 0 Å².